The number of carbonyl (C=O) groups excluding carboxylic acids is 1. The van der Waals surface area contributed by atoms with Crippen LogP contribution in [-0.2, 0) is 6.42 Å². The van der Waals surface area contributed by atoms with Crippen molar-refractivity contribution in [3.05, 3.63) is 29.8 Å². The molecule has 0 heterocycles. The highest BCUT2D eigenvalue weighted by Gasteiger charge is 2.25. The smallest absolute Gasteiger partial charge is 0.328 e. The molecule has 6 heteroatoms. The average molecular weight is 298 g/mol. The first-order chi connectivity index (χ1) is 9.24. The van der Waals surface area contributed by atoms with Gasteiger partial charge in [0.25, 0.3) is 0 Å². The Morgan fingerprint density at radius 2 is 1.90 bits per heavy atom. The van der Waals surface area contributed by atoms with Gasteiger partial charge in [-0.3, -0.25) is 4.31 Å². The molecule has 0 aromatic heterocycles. The Labute approximate surface area is 125 Å². The Hall–Kier alpha value is -1.40. The zero-order valence-electron chi connectivity index (χ0n) is 12.0. The number of benzene rings is 1. The number of hydrogen-bond acceptors (Lipinski definition) is 4. The van der Waals surface area contributed by atoms with Crippen molar-refractivity contribution in [1.82, 2.24) is 9.62 Å². The van der Waals surface area contributed by atoms with Crippen molar-refractivity contribution in [1.29, 1.82) is 0 Å². The molecule has 0 bridgehead atoms. The van der Waals surface area contributed by atoms with Crippen LogP contribution in [0.1, 0.15) is 26.3 Å². The van der Waals surface area contributed by atoms with Crippen molar-refractivity contribution in [3.63, 3.8) is 0 Å². The highest BCUT2D eigenvalue weighted by molar-refractivity contribution is 7.78. The van der Waals surface area contributed by atoms with Crippen LogP contribution in [0, 0.1) is 0 Å². The zero-order chi connectivity index (χ0) is 15.3. The fourth-order valence-corrected chi connectivity index (χ4v) is 1.68. The van der Waals surface area contributed by atoms with Crippen LogP contribution >= 0.6 is 12.8 Å². The predicted molar refractivity (Wildman–Crippen MR) is 81.8 cm³/mol. The number of aliphatic hydroxyl groups is 1. The van der Waals surface area contributed by atoms with Crippen molar-refractivity contribution in [2.75, 3.05) is 6.61 Å². The number of carbonyl (C=O) groups is 1. The summed E-state index contributed by atoms with van der Waals surface area (Å²) in [6.45, 7) is 5.44. The average Bonchev–Trinajstić information content (AvgIpc) is 2.38. The number of hydrogen-bond donors (Lipinski definition) is 4. The van der Waals surface area contributed by atoms with Crippen molar-refractivity contribution in [2.45, 2.75) is 38.8 Å². The van der Waals surface area contributed by atoms with E-state index in [9.17, 15) is 15.0 Å². The van der Waals surface area contributed by atoms with E-state index in [0.717, 1.165) is 5.56 Å². The van der Waals surface area contributed by atoms with Gasteiger partial charge in [0.05, 0.1) is 12.6 Å². The van der Waals surface area contributed by atoms with Gasteiger partial charge in [-0.1, -0.05) is 24.9 Å². The van der Waals surface area contributed by atoms with E-state index in [-0.39, 0.29) is 18.4 Å². The van der Waals surface area contributed by atoms with Crippen LogP contribution in [0.3, 0.4) is 0 Å². The Balaban J connectivity index is 2.63. The molecule has 0 aliphatic rings. The molecule has 20 heavy (non-hydrogen) atoms. The lowest BCUT2D eigenvalue weighted by Crippen LogP contribution is -2.49. The van der Waals surface area contributed by atoms with Gasteiger partial charge in [-0.25, -0.2) is 4.79 Å². The molecule has 1 rings (SSSR count). The lowest BCUT2D eigenvalue weighted by atomic mass is 10.1. The van der Waals surface area contributed by atoms with Crippen molar-refractivity contribution < 1.29 is 15.0 Å². The topological polar surface area (TPSA) is 72.8 Å². The number of urea groups is 1. The summed E-state index contributed by atoms with van der Waals surface area (Å²) >= 11 is 4.17. The number of thiol groups is 1. The maximum atomic E-state index is 12.0. The van der Waals surface area contributed by atoms with Gasteiger partial charge in [-0.05, 0) is 44.9 Å². The maximum absolute atomic E-state index is 12.0. The molecule has 1 aromatic rings. The molecule has 0 spiro atoms. The standard InChI is InChI=1S/C14H22N2O3S/c1-14(2,3)16(20)13(19)15-11(9-17)8-10-4-6-12(18)7-5-10/h4-7,11,17-18,20H,8-9H2,1-3H3,(H,15,19)/t11-/m1/s1. The molecule has 0 fully saturated rings. The first-order valence-electron chi connectivity index (χ1n) is 6.42. The number of nitrogens with one attached hydrogen (secondary N) is 1. The summed E-state index contributed by atoms with van der Waals surface area (Å²) in [7, 11) is 0. The molecular weight excluding hydrogens is 276 g/mol. The van der Waals surface area contributed by atoms with E-state index in [1.165, 1.54) is 4.31 Å². The number of aromatic hydroxyl groups is 1. The molecule has 5 nitrogen and oxygen atoms in total. The number of amides is 2. The van der Waals surface area contributed by atoms with E-state index in [4.69, 9.17) is 0 Å². The molecule has 3 N–H and O–H groups in total. The number of nitrogens with zero attached hydrogens (tertiary/aromatic N) is 1. The minimum atomic E-state index is -0.411. The predicted octanol–water partition coefficient (Wildman–Crippen LogP) is 1.95. The Morgan fingerprint density at radius 1 is 1.35 bits per heavy atom. The van der Waals surface area contributed by atoms with Crippen LogP contribution in [0.4, 0.5) is 4.79 Å². The first kappa shape index (κ1) is 16.7. The highest BCUT2D eigenvalue weighted by Crippen LogP contribution is 2.16. The molecule has 0 radical (unpaired) electrons. The second-order valence-electron chi connectivity index (χ2n) is 5.68. The third-order valence-electron chi connectivity index (χ3n) is 2.79. The Kier molecular flexibility index (Phi) is 5.71. The largest absolute Gasteiger partial charge is 0.508 e. The molecule has 0 unspecified atom stereocenters. The van der Waals surface area contributed by atoms with Crippen molar-refractivity contribution in [2.24, 2.45) is 0 Å². The first-order valence-corrected chi connectivity index (χ1v) is 6.82. The molecule has 2 amide bonds. The van der Waals surface area contributed by atoms with Crippen LogP contribution in [0.25, 0.3) is 0 Å². The summed E-state index contributed by atoms with van der Waals surface area (Å²) in [5, 5.41) is 21.3. The minimum Gasteiger partial charge on any atom is -0.508 e. The summed E-state index contributed by atoms with van der Waals surface area (Å²) in [5.41, 5.74) is 0.509. The lowest BCUT2D eigenvalue weighted by molar-refractivity contribution is 0.186. The van der Waals surface area contributed by atoms with Gasteiger partial charge in [0.15, 0.2) is 0 Å². The third kappa shape index (κ3) is 4.94. The van der Waals surface area contributed by atoms with E-state index >= 15 is 0 Å². The number of rotatable bonds is 4. The van der Waals surface area contributed by atoms with Crippen LogP contribution in [0.5, 0.6) is 5.75 Å². The van der Waals surface area contributed by atoms with E-state index in [0.29, 0.717) is 6.42 Å². The van der Waals surface area contributed by atoms with Gasteiger partial charge >= 0.3 is 6.03 Å². The summed E-state index contributed by atoms with van der Waals surface area (Å²) in [6, 6.07) is 5.92. The van der Waals surface area contributed by atoms with E-state index in [1.807, 2.05) is 20.8 Å². The van der Waals surface area contributed by atoms with Gasteiger partial charge in [-0.2, -0.15) is 0 Å². The number of phenolic OH excluding ortho intramolecular Hbond substituents is 1. The quantitative estimate of drug-likeness (QED) is 0.642. The Morgan fingerprint density at radius 3 is 2.35 bits per heavy atom. The summed E-state index contributed by atoms with van der Waals surface area (Å²) in [6.07, 6.45) is 0.480. The Bertz CT molecular complexity index is 443. The monoisotopic (exact) mass is 298 g/mol. The lowest BCUT2D eigenvalue weighted by Gasteiger charge is -2.31. The third-order valence-corrected chi connectivity index (χ3v) is 3.58. The normalized spacial score (nSPS) is 12.8. The number of aliphatic hydroxyl groups excluding tert-OH is 1. The minimum absolute atomic E-state index is 0.168. The van der Waals surface area contributed by atoms with Crippen LogP contribution in [0.2, 0.25) is 0 Å². The fourth-order valence-electron chi connectivity index (χ4n) is 1.62. The summed E-state index contributed by atoms with van der Waals surface area (Å²) in [4.78, 5) is 12.0. The van der Waals surface area contributed by atoms with Gasteiger partial charge < -0.3 is 15.5 Å². The molecule has 1 atom stereocenters. The van der Waals surface area contributed by atoms with Crippen LogP contribution in [0.15, 0.2) is 24.3 Å². The molecule has 0 saturated heterocycles. The van der Waals surface area contributed by atoms with E-state index in [1.54, 1.807) is 24.3 Å². The maximum Gasteiger partial charge on any atom is 0.328 e. The van der Waals surface area contributed by atoms with Gasteiger partial charge in [0.2, 0.25) is 0 Å². The number of phenols is 1. The van der Waals surface area contributed by atoms with Gasteiger partial charge in [0, 0.05) is 5.54 Å². The molecule has 1 aromatic carbocycles. The highest BCUT2D eigenvalue weighted by atomic mass is 32.1. The van der Waals surface area contributed by atoms with Crippen LogP contribution in [-0.4, -0.2) is 38.7 Å². The molecule has 0 aliphatic heterocycles. The zero-order valence-corrected chi connectivity index (χ0v) is 12.9. The summed E-state index contributed by atoms with van der Waals surface area (Å²) in [5.74, 6) is 0.188. The molecule has 0 saturated carbocycles. The molecule has 0 aliphatic carbocycles. The fraction of sp³-hybridized carbons (Fsp3) is 0.500. The second-order valence-corrected chi connectivity index (χ2v) is 6.08. The van der Waals surface area contributed by atoms with Crippen molar-refractivity contribution >= 4 is 18.8 Å². The van der Waals surface area contributed by atoms with Crippen molar-refractivity contribution in [3.8, 4) is 5.75 Å². The second kappa shape index (κ2) is 6.85. The SMILES string of the molecule is CC(C)(C)N(S)C(=O)N[C@@H](CO)Cc1ccc(O)cc1. The van der Waals surface area contributed by atoms with Gasteiger partial charge in [0.1, 0.15) is 5.75 Å². The van der Waals surface area contributed by atoms with E-state index in [2.05, 4.69) is 18.1 Å². The van der Waals surface area contributed by atoms with Gasteiger partial charge in [-0.15, -0.1) is 0 Å². The molecular formula is C14H22N2O3S. The molecule has 112 valence electrons. The van der Waals surface area contributed by atoms with E-state index < -0.39 is 11.6 Å². The summed E-state index contributed by atoms with van der Waals surface area (Å²) < 4.78 is 1.30. The van der Waals surface area contributed by atoms with Crippen LogP contribution < -0.4 is 5.32 Å².